The Morgan fingerprint density at radius 2 is 1.73 bits per heavy atom. The van der Waals surface area contributed by atoms with Crippen molar-refractivity contribution in [1.82, 2.24) is 10.2 Å². The van der Waals surface area contributed by atoms with Crippen LogP contribution in [0.2, 0.25) is 0 Å². The molecule has 2 aromatic rings. The van der Waals surface area contributed by atoms with E-state index < -0.39 is 0 Å². The number of benzene rings is 2. The molecule has 2 aliphatic rings. The fourth-order valence-corrected chi connectivity index (χ4v) is 3.79. The second kappa shape index (κ2) is 7.20. The summed E-state index contributed by atoms with van der Waals surface area (Å²) in [4.78, 5) is 28.5. The van der Waals surface area contributed by atoms with E-state index in [2.05, 4.69) is 34.5 Å². The van der Waals surface area contributed by atoms with Crippen molar-refractivity contribution in [1.29, 1.82) is 0 Å². The van der Waals surface area contributed by atoms with Crippen molar-refractivity contribution in [3.63, 3.8) is 0 Å². The molecule has 0 radical (unpaired) electrons. The van der Waals surface area contributed by atoms with E-state index in [1.807, 2.05) is 24.3 Å². The Balaban J connectivity index is 1.21. The Morgan fingerprint density at radius 1 is 0.962 bits per heavy atom. The molecule has 0 saturated heterocycles. The maximum Gasteiger partial charge on any atom is 0.254 e. The highest BCUT2D eigenvalue weighted by Gasteiger charge is 2.26. The van der Waals surface area contributed by atoms with Gasteiger partial charge in [0.15, 0.2) is 0 Å². The van der Waals surface area contributed by atoms with E-state index in [4.69, 9.17) is 0 Å². The lowest BCUT2D eigenvalue weighted by Crippen LogP contribution is -2.36. The summed E-state index contributed by atoms with van der Waals surface area (Å²) < 4.78 is 0. The predicted octanol–water partition coefficient (Wildman–Crippen LogP) is 2.21. The zero-order valence-corrected chi connectivity index (χ0v) is 14.8. The third-order valence-corrected chi connectivity index (χ3v) is 5.19. The van der Waals surface area contributed by atoms with Crippen LogP contribution in [0.15, 0.2) is 48.5 Å². The first-order valence-corrected chi connectivity index (χ1v) is 9.19. The molecular weight excluding hydrogens is 326 g/mol. The Morgan fingerprint density at radius 3 is 2.58 bits per heavy atom. The maximum absolute atomic E-state index is 12.3. The maximum atomic E-state index is 12.3. The minimum Gasteiger partial charge on any atom is -0.369 e. The highest BCUT2D eigenvalue weighted by atomic mass is 16.2. The van der Waals surface area contributed by atoms with Crippen molar-refractivity contribution in [2.75, 3.05) is 31.1 Å². The van der Waals surface area contributed by atoms with Gasteiger partial charge in [0.25, 0.3) is 5.91 Å². The second-order valence-corrected chi connectivity index (χ2v) is 6.85. The SMILES string of the molecule is O=C(CCN1Cc2ccccc2C1=O)NCCN1CCc2ccccc21. The Kier molecular flexibility index (Phi) is 4.61. The molecule has 0 fully saturated rings. The van der Waals surface area contributed by atoms with Gasteiger partial charge in [-0.25, -0.2) is 0 Å². The molecule has 2 aromatic carbocycles. The third-order valence-electron chi connectivity index (χ3n) is 5.19. The molecule has 0 bridgehead atoms. The van der Waals surface area contributed by atoms with Crippen LogP contribution in [-0.2, 0) is 17.8 Å². The third kappa shape index (κ3) is 3.29. The number of anilines is 1. The number of fused-ring (bicyclic) bond motifs is 2. The molecule has 5 nitrogen and oxygen atoms in total. The van der Waals surface area contributed by atoms with Gasteiger partial charge in [-0.05, 0) is 29.7 Å². The Labute approximate surface area is 153 Å². The van der Waals surface area contributed by atoms with E-state index >= 15 is 0 Å². The van der Waals surface area contributed by atoms with Gasteiger partial charge in [0.1, 0.15) is 0 Å². The number of para-hydroxylation sites is 1. The van der Waals surface area contributed by atoms with Crippen LogP contribution in [0.25, 0.3) is 0 Å². The Hall–Kier alpha value is -2.82. The van der Waals surface area contributed by atoms with E-state index in [0.717, 1.165) is 30.6 Å². The van der Waals surface area contributed by atoms with E-state index in [9.17, 15) is 9.59 Å². The lowest BCUT2D eigenvalue weighted by atomic mass is 10.1. The molecule has 4 rings (SSSR count). The van der Waals surface area contributed by atoms with Gasteiger partial charge in [0, 0.05) is 50.4 Å². The lowest BCUT2D eigenvalue weighted by molar-refractivity contribution is -0.121. The first-order chi connectivity index (χ1) is 12.7. The number of amides is 2. The molecule has 134 valence electrons. The van der Waals surface area contributed by atoms with Gasteiger partial charge in [0.2, 0.25) is 5.91 Å². The fraction of sp³-hybridized carbons (Fsp3) is 0.333. The molecule has 0 aliphatic carbocycles. The van der Waals surface area contributed by atoms with E-state index in [0.29, 0.717) is 26.1 Å². The van der Waals surface area contributed by atoms with E-state index in [-0.39, 0.29) is 11.8 Å². The quantitative estimate of drug-likeness (QED) is 0.870. The minimum absolute atomic E-state index is 0.00115. The summed E-state index contributed by atoms with van der Waals surface area (Å²) in [5, 5.41) is 2.98. The highest BCUT2D eigenvalue weighted by molar-refractivity contribution is 5.98. The summed E-state index contributed by atoms with van der Waals surface area (Å²) in [5.74, 6) is 0.0308. The van der Waals surface area contributed by atoms with Crippen molar-refractivity contribution < 1.29 is 9.59 Å². The zero-order valence-electron chi connectivity index (χ0n) is 14.8. The number of nitrogens with one attached hydrogen (secondary N) is 1. The van der Waals surface area contributed by atoms with Crippen molar-refractivity contribution >= 4 is 17.5 Å². The van der Waals surface area contributed by atoms with Crippen LogP contribution in [0.4, 0.5) is 5.69 Å². The number of carbonyl (C=O) groups excluding carboxylic acids is 2. The first-order valence-electron chi connectivity index (χ1n) is 9.19. The van der Waals surface area contributed by atoms with Gasteiger partial charge in [-0.15, -0.1) is 0 Å². The number of hydrogen-bond acceptors (Lipinski definition) is 3. The summed E-state index contributed by atoms with van der Waals surface area (Å²) >= 11 is 0. The summed E-state index contributed by atoms with van der Waals surface area (Å²) in [6.45, 7) is 3.52. The van der Waals surface area contributed by atoms with Crippen molar-refractivity contribution in [2.45, 2.75) is 19.4 Å². The zero-order chi connectivity index (χ0) is 17.9. The molecular formula is C21H23N3O2. The van der Waals surface area contributed by atoms with Crippen LogP contribution >= 0.6 is 0 Å². The number of hydrogen-bond donors (Lipinski definition) is 1. The van der Waals surface area contributed by atoms with Crippen molar-refractivity contribution in [3.8, 4) is 0 Å². The second-order valence-electron chi connectivity index (χ2n) is 6.85. The molecule has 0 unspecified atom stereocenters. The summed E-state index contributed by atoms with van der Waals surface area (Å²) in [6, 6.07) is 16.1. The molecule has 1 N–H and O–H groups in total. The van der Waals surface area contributed by atoms with Crippen LogP contribution in [-0.4, -0.2) is 42.9 Å². The van der Waals surface area contributed by atoms with Crippen LogP contribution < -0.4 is 10.2 Å². The molecule has 0 spiro atoms. The van der Waals surface area contributed by atoms with Gasteiger partial charge in [-0.3, -0.25) is 9.59 Å². The summed E-state index contributed by atoms with van der Waals surface area (Å²) in [5.41, 5.74) is 4.47. The van der Waals surface area contributed by atoms with Crippen LogP contribution in [0.1, 0.15) is 27.9 Å². The number of rotatable bonds is 6. The average molecular weight is 349 g/mol. The smallest absolute Gasteiger partial charge is 0.254 e. The van der Waals surface area contributed by atoms with Gasteiger partial charge in [0.05, 0.1) is 0 Å². The average Bonchev–Trinajstić information content (AvgIpc) is 3.22. The van der Waals surface area contributed by atoms with Gasteiger partial charge in [-0.2, -0.15) is 0 Å². The molecule has 2 heterocycles. The molecule has 2 aliphatic heterocycles. The van der Waals surface area contributed by atoms with Gasteiger partial charge in [-0.1, -0.05) is 36.4 Å². The molecule has 0 atom stereocenters. The normalized spacial score (nSPS) is 15.2. The Bertz CT molecular complexity index is 834. The number of carbonyl (C=O) groups is 2. The van der Waals surface area contributed by atoms with E-state index in [1.165, 1.54) is 11.3 Å². The predicted molar refractivity (Wildman–Crippen MR) is 101 cm³/mol. The van der Waals surface area contributed by atoms with Gasteiger partial charge < -0.3 is 15.1 Å². The topological polar surface area (TPSA) is 52.7 Å². The van der Waals surface area contributed by atoms with Crippen LogP contribution in [0, 0.1) is 0 Å². The fourth-order valence-electron chi connectivity index (χ4n) is 3.79. The van der Waals surface area contributed by atoms with Crippen LogP contribution in [0.5, 0.6) is 0 Å². The monoisotopic (exact) mass is 349 g/mol. The lowest BCUT2D eigenvalue weighted by Gasteiger charge is -2.20. The summed E-state index contributed by atoms with van der Waals surface area (Å²) in [6.07, 6.45) is 1.41. The van der Waals surface area contributed by atoms with Crippen molar-refractivity contribution in [3.05, 3.63) is 65.2 Å². The molecule has 0 aromatic heterocycles. The van der Waals surface area contributed by atoms with Crippen molar-refractivity contribution in [2.24, 2.45) is 0 Å². The summed E-state index contributed by atoms with van der Waals surface area (Å²) in [7, 11) is 0. The standard InChI is InChI=1S/C21H23N3O2/c25-20(10-13-24-15-17-6-1-3-7-18(17)21(24)26)22-11-14-23-12-9-16-5-2-4-8-19(16)23/h1-8H,9-15H2,(H,22,25). The largest absolute Gasteiger partial charge is 0.369 e. The number of nitrogens with zero attached hydrogens (tertiary/aromatic N) is 2. The molecule has 0 saturated carbocycles. The van der Waals surface area contributed by atoms with Crippen LogP contribution in [0.3, 0.4) is 0 Å². The molecule has 5 heteroatoms. The first kappa shape index (κ1) is 16.6. The minimum atomic E-state index is 0.00115. The van der Waals surface area contributed by atoms with E-state index in [1.54, 1.807) is 4.90 Å². The molecule has 2 amide bonds. The highest BCUT2D eigenvalue weighted by Crippen LogP contribution is 2.26. The van der Waals surface area contributed by atoms with Gasteiger partial charge >= 0.3 is 0 Å². The molecule has 26 heavy (non-hydrogen) atoms.